The molecule has 0 radical (unpaired) electrons. The van der Waals surface area contributed by atoms with Crippen LogP contribution in [0.3, 0.4) is 0 Å². The van der Waals surface area contributed by atoms with E-state index in [1.54, 1.807) is 26.2 Å². The lowest BCUT2D eigenvalue weighted by atomic mass is 9.85. The standard InChI is InChI=1S/C29H33N3O5/c1-35-23-13-17(14-24(36-2)28(23)37-3)27-26-20(19-11-7-8-12-21(19)30-26)15-22-29(34)31(16-25(33)32(22)27)18-9-5-4-6-10-18/h7-8,11-14,18,22,27,30H,4-6,9-10,15-16H2,1-3H3. The number of aromatic amines is 1. The maximum atomic E-state index is 14.0. The number of hydrogen-bond donors (Lipinski definition) is 1. The van der Waals surface area contributed by atoms with Crippen molar-refractivity contribution in [3.63, 3.8) is 0 Å². The number of hydrogen-bond acceptors (Lipinski definition) is 5. The number of nitrogens with one attached hydrogen (secondary N) is 1. The van der Waals surface area contributed by atoms with E-state index in [4.69, 9.17) is 14.2 Å². The van der Waals surface area contributed by atoms with Gasteiger partial charge in [-0.15, -0.1) is 0 Å². The molecule has 1 saturated heterocycles. The highest BCUT2D eigenvalue weighted by Crippen LogP contribution is 2.47. The second-order valence-corrected chi connectivity index (χ2v) is 10.2. The lowest BCUT2D eigenvalue weighted by Crippen LogP contribution is -2.65. The Hall–Kier alpha value is -3.68. The van der Waals surface area contributed by atoms with Gasteiger partial charge in [-0.1, -0.05) is 37.5 Å². The molecular formula is C29H33N3O5. The molecule has 3 heterocycles. The number of carbonyl (C=O) groups excluding carboxylic acids is 2. The van der Waals surface area contributed by atoms with Crippen LogP contribution in [0.1, 0.15) is 55.0 Å². The van der Waals surface area contributed by atoms with Crippen molar-refractivity contribution in [2.24, 2.45) is 0 Å². The van der Waals surface area contributed by atoms with Gasteiger partial charge in [0.1, 0.15) is 12.6 Å². The van der Waals surface area contributed by atoms with Crippen LogP contribution in [0.15, 0.2) is 36.4 Å². The molecule has 3 aliphatic rings. The summed E-state index contributed by atoms with van der Waals surface area (Å²) in [5.74, 6) is 1.54. The Bertz CT molecular complexity index is 1330. The molecule has 2 fully saturated rings. The van der Waals surface area contributed by atoms with Crippen LogP contribution in [0.4, 0.5) is 0 Å². The minimum Gasteiger partial charge on any atom is -0.493 e. The fourth-order valence-corrected chi connectivity index (χ4v) is 6.59. The third kappa shape index (κ3) is 3.72. The second kappa shape index (κ2) is 9.32. The Morgan fingerprint density at radius 3 is 2.30 bits per heavy atom. The molecule has 8 nitrogen and oxygen atoms in total. The van der Waals surface area contributed by atoms with Crippen LogP contribution in [0, 0.1) is 0 Å². The molecule has 2 aromatic carbocycles. The van der Waals surface area contributed by atoms with Crippen LogP contribution in [0.2, 0.25) is 0 Å². The highest BCUT2D eigenvalue weighted by atomic mass is 16.5. The average Bonchev–Trinajstić information content (AvgIpc) is 3.31. The summed E-state index contributed by atoms with van der Waals surface area (Å²) in [5, 5.41) is 1.09. The van der Waals surface area contributed by atoms with Crippen molar-refractivity contribution in [3.8, 4) is 17.2 Å². The van der Waals surface area contributed by atoms with Crippen LogP contribution in [0.5, 0.6) is 17.2 Å². The summed E-state index contributed by atoms with van der Waals surface area (Å²) in [6.07, 6.45) is 5.86. The zero-order chi connectivity index (χ0) is 25.7. The third-order valence-electron chi connectivity index (χ3n) is 8.31. The molecule has 8 heteroatoms. The first-order chi connectivity index (χ1) is 18.0. The maximum absolute atomic E-state index is 14.0. The smallest absolute Gasteiger partial charge is 0.246 e. The lowest BCUT2D eigenvalue weighted by Gasteiger charge is -2.49. The van der Waals surface area contributed by atoms with Gasteiger partial charge in [0.2, 0.25) is 17.6 Å². The highest BCUT2D eigenvalue weighted by Gasteiger charge is 2.49. The lowest BCUT2D eigenvalue weighted by molar-refractivity contribution is -0.161. The van der Waals surface area contributed by atoms with Crippen molar-refractivity contribution >= 4 is 22.7 Å². The summed E-state index contributed by atoms with van der Waals surface area (Å²) in [4.78, 5) is 35.2. The van der Waals surface area contributed by atoms with Gasteiger partial charge in [-0.25, -0.2) is 0 Å². The number of aromatic nitrogens is 1. The van der Waals surface area contributed by atoms with Crippen LogP contribution < -0.4 is 14.2 Å². The number of amides is 2. The number of rotatable bonds is 5. The molecule has 2 atom stereocenters. The third-order valence-corrected chi connectivity index (χ3v) is 8.31. The molecule has 37 heavy (non-hydrogen) atoms. The van der Waals surface area contributed by atoms with Gasteiger partial charge >= 0.3 is 0 Å². The van der Waals surface area contributed by atoms with E-state index in [0.717, 1.165) is 53.4 Å². The quantitative estimate of drug-likeness (QED) is 0.564. The second-order valence-electron chi connectivity index (χ2n) is 10.2. The Labute approximate surface area is 216 Å². The van der Waals surface area contributed by atoms with Crippen molar-refractivity contribution in [1.29, 1.82) is 0 Å². The van der Waals surface area contributed by atoms with E-state index in [1.165, 1.54) is 6.42 Å². The van der Waals surface area contributed by atoms with E-state index < -0.39 is 12.1 Å². The first kappa shape index (κ1) is 23.7. The predicted octanol–water partition coefficient (Wildman–Crippen LogP) is 4.21. The topological polar surface area (TPSA) is 84.1 Å². The number of ether oxygens (including phenoxy) is 3. The van der Waals surface area contributed by atoms with Crippen LogP contribution >= 0.6 is 0 Å². The van der Waals surface area contributed by atoms with E-state index in [2.05, 4.69) is 11.1 Å². The van der Waals surface area contributed by atoms with Gasteiger partial charge in [-0.05, 0) is 42.2 Å². The Morgan fingerprint density at radius 1 is 0.919 bits per heavy atom. The molecule has 1 saturated carbocycles. The van der Waals surface area contributed by atoms with E-state index >= 15 is 0 Å². The molecule has 194 valence electrons. The fourth-order valence-electron chi connectivity index (χ4n) is 6.59. The number of fused-ring (bicyclic) bond motifs is 4. The molecule has 2 aliphatic heterocycles. The Morgan fingerprint density at radius 2 is 1.62 bits per heavy atom. The largest absolute Gasteiger partial charge is 0.493 e. The number of para-hydroxylation sites is 1. The molecule has 2 amide bonds. The molecule has 3 aromatic rings. The Kier molecular flexibility index (Phi) is 5.97. The summed E-state index contributed by atoms with van der Waals surface area (Å²) in [6, 6.07) is 11.0. The van der Waals surface area contributed by atoms with Crippen molar-refractivity contribution in [2.45, 2.75) is 56.7 Å². The van der Waals surface area contributed by atoms with E-state index in [-0.39, 0.29) is 24.4 Å². The summed E-state index contributed by atoms with van der Waals surface area (Å²) in [5.41, 5.74) is 3.81. The average molecular weight is 504 g/mol. The minimum atomic E-state index is -0.557. The Balaban J connectivity index is 1.52. The van der Waals surface area contributed by atoms with Crippen LogP contribution in [-0.2, 0) is 16.0 Å². The maximum Gasteiger partial charge on any atom is 0.246 e. The van der Waals surface area contributed by atoms with E-state index in [9.17, 15) is 9.59 Å². The monoisotopic (exact) mass is 503 g/mol. The van der Waals surface area contributed by atoms with Crippen molar-refractivity contribution in [1.82, 2.24) is 14.8 Å². The van der Waals surface area contributed by atoms with Gasteiger partial charge in [0.15, 0.2) is 11.5 Å². The number of H-pyrrole nitrogens is 1. The van der Waals surface area contributed by atoms with Crippen molar-refractivity contribution < 1.29 is 23.8 Å². The molecule has 1 N–H and O–H groups in total. The van der Waals surface area contributed by atoms with Gasteiger partial charge in [-0.3, -0.25) is 9.59 Å². The minimum absolute atomic E-state index is 0.0294. The van der Waals surface area contributed by atoms with Gasteiger partial charge in [0.25, 0.3) is 0 Å². The number of piperazine rings is 1. The van der Waals surface area contributed by atoms with Gasteiger partial charge < -0.3 is 29.0 Å². The molecule has 0 spiro atoms. The SMILES string of the molecule is COc1cc(C2c3[nH]c4ccccc4c3CC3C(=O)N(C4CCCCC4)CC(=O)N32)cc(OC)c1OC. The molecule has 2 unspecified atom stereocenters. The number of nitrogens with zero attached hydrogens (tertiary/aromatic N) is 2. The van der Waals surface area contributed by atoms with Crippen LogP contribution in [0.25, 0.3) is 10.9 Å². The zero-order valence-electron chi connectivity index (χ0n) is 21.6. The number of benzene rings is 2. The van der Waals surface area contributed by atoms with E-state index in [1.807, 2.05) is 35.2 Å². The highest BCUT2D eigenvalue weighted by molar-refractivity contribution is 5.98. The number of carbonyl (C=O) groups is 2. The predicted molar refractivity (Wildman–Crippen MR) is 139 cm³/mol. The fraction of sp³-hybridized carbons (Fsp3) is 0.448. The molecule has 0 bridgehead atoms. The summed E-state index contributed by atoms with van der Waals surface area (Å²) < 4.78 is 16.8. The van der Waals surface area contributed by atoms with Gasteiger partial charge in [0.05, 0.1) is 27.4 Å². The van der Waals surface area contributed by atoms with Gasteiger partial charge in [-0.2, -0.15) is 0 Å². The molecule has 1 aliphatic carbocycles. The first-order valence-electron chi connectivity index (χ1n) is 13.1. The van der Waals surface area contributed by atoms with Gasteiger partial charge in [0, 0.05) is 29.1 Å². The summed E-state index contributed by atoms with van der Waals surface area (Å²) in [7, 11) is 4.73. The molecule has 1 aromatic heterocycles. The summed E-state index contributed by atoms with van der Waals surface area (Å²) >= 11 is 0. The first-order valence-corrected chi connectivity index (χ1v) is 13.1. The molecular weight excluding hydrogens is 470 g/mol. The zero-order valence-corrected chi connectivity index (χ0v) is 21.6. The molecule has 6 rings (SSSR count). The van der Waals surface area contributed by atoms with E-state index in [0.29, 0.717) is 23.7 Å². The normalized spacial score (nSPS) is 22.1. The summed E-state index contributed by atoms with van der Waals surface area (Å²) in [6.45, 7) is 0.122. The van der Waals surface area contributed by atoms with Crippen molar-refractivity contribution in [2.75, 3.05) is 27.9 Å². The number of methoxy groups -OCH3 is 3. The van der Waals surface area contributed by atoms with Crippen molar-refractivity contribution in [3.05, 3.63) is 53.2 Å². The van der Waals surface area contributed by atoms with Crippen LogP contribution in [-0.4, -0.2) is 66.6 Å².